The third-order valence-electron chi connectivity index (χ3n) is 2.29. The molecule has 0 fully saturated rings. The van der Waals surface area contributed by atoms with Crippen molar-refractivity contribution in [1.29, 1.82) is 5.26 Å². The number of amidine groups is 1. The van der Waals surface area contributed by atoms with Crippen molar-refractivity contribution in [3.63, 3.8) is 0 Å². The van der Waals surface area contributed by atoms with Crippen molar-refractivity contribution in [2.45, 2.75) is 5.88 Å². The lowest BCUT2D eigenvalue weighted by Crippen LogP contribution is -2.12. The van der Waals surface area contributed by atoms with Gasteiger partial charge in [-0.3, -0.25) is 5.32 Å². The molecule has 2 aromatic rings. The molecule has 0 saturated heterocycles. The topological polar surface area (TPSA) is 87.1 Å². The van der Waals surface area contributed by atoms with Gasteiger partial charge in [0.15, 0.2) is 11.4 Å². The van der Waals surface area contributed by atoms with E-state index in [2.05, 4.69) is 20.4 Å². The number of nitrogens with one attached hydrogen (secondary N) is 1. The number of rotatable bonds is 3. The number of aliphatic imine (C=N–C) groups is 1. The van der Waals surface area contributed by atoms with Gasteiger partial charge in [-0.1, -0.05) is 16.9 Å². The summed E-state index contributed by atoms with van der Waals surface area (Å²) in [6, 6.07) is 7.26. The van der Waals surface area contributed by atoms with Crippen molar-refractivity contribution in [2.75, 3.05) is 6.26 Å². The summed E-state index contributed by atoms with van der Waals surface area (Å²) in [5, 5.41) is 15.4. The van der Waals surface area contributed by atoms with E-state index in [-0.39, 0.29) is 5.88 Å². The number of hydrogen-bond donors (Lipinski definition) is 1. The van der Waals surface area contributed by atoms with Crippen LogP contribution in [0, 0.1) is 11.5 Å². The molecular formula is C12H10ClN5OS. The molecule has 1 aromatic heterocycles. The van der Waals surface area contributed by atoms with Crippen molar-refractivity contribution in [1.82, 2.24) is 15.5 Å². The van der Waals surface area contributed by atoms with E-state index in [4.69, 9.17) is 21.4 Å². The summed E-state index contributed by atoms with van der Waals surface area (Å²) in [7, 11) is 0. The summed E-state index contributed by atoms with van der Waals surface area (Å²) in [6.45, 7) is 0. The maximum atomic E-state index is 8.57. The minimum atomic E-state index is 0.187. The first-order valence-electron chi connectivity index (χ1n) is 5.53. The van der Waals surface area contributed by atoms with Crippen LogP contribution in [0.25, 0.3) is 11.4 Å². The van der Waals surface area contributed by atoms with Crippen molar-refractivity contribution in [3.05, 3.63) is 30.2 Å². The van der Waals surface area contributed by atoms with E-state index in [0.29, 0.717) is 16.9 Å². The minimum Gasteiger partial charge on any atom is -0.338 e. The van der Waals surface area contributed by atoms with E-state index in [0.717, 1.165) is 11.3 Å². The van der Waals surface area contributed by atoms with Gasteiger partial charge in [0.25, 0.3) is 0 Å². The first-order chi connectivity index (χ1) is 9.76. The van der Waals surface area contributed by atoms with Crippen molar-refractivity contribution >= 4 is 34.2 Å². The summed E-state index contributed by atoms with van der Waals surface area (Å²) in [5.74, 6) is 1.05. The average molecular weight is 308 g/mol. The average Bonchev–Trinajstić information content (AvgIpc) is 2.96. The summed E-state index contributed by atoms with van der Waals surface area (Å²) in [4.78, 5) is 8.41. The predicted molar refractivity (Wildman–Crippen MR) is 78.6 cm³/mol. The van der Waals surface area contributed by atoms with E-state index < -0.39 is 0 Å². The van der Waals surface area contributed by atoms with Gasteiger partial charge in [-0.25, -0.2) is 4.99 Å². The largest absolute Gasteiger partial charge is 0.338 e. The third kappa shape index (κ3) is 3.50. The molecule has 102 valence electrons. The molecule has 20 heavy (non-hydrogen) atoms. The number of nitriles is 1. The zero-order chi connectivity index (χ0) is 14.4. The lowest BCUT2D eigenvalue weighted by atomic mass is 10.2. The summed E-state index contributed by atoms with van der Waals surface area (Å²) >= 11 is 6.96. The van der Waals surface area contributed by atoms with Crippen LogP contribution in [0.1, 0.15) is 5.89 Å². The Hall–Kier alpha value is -2.04. The smallest absolute Gasteiger partial charge is 0.241 e. The molecule has 0 saturated carbocycles. The van der Waals surface area contributed by atoms with Crippen LogP contribution in [0.5, 0.6) is 0 Å². The van der Waals surface area contributed by atoms with E-state index in [9.17, 15) is 0 Å². The molecule has 0 unspecified atom stereocenters. The van der Waals surface area contributed by atoms with Crippen LogP contribution >= 0.6 is 23.4 Å². The van der Waals surface area contributed by atoms with Gasteiger partial charge in [0.2, 0.25) is 11.7 Å². The quantitative estimate of drug-likeness (QED) is 0.308. The van der Waals surface area contributed by atoms with Gasteiger partial charge in [-0.2, -0.15) is 10.2 Å². The number of hydrogen-bond acceptors (Lipinski definition) is 6. The van der Waals surface area contributed by atoms with Gasteiger partial charge in [-0.15, -0.1) is 11.6 Å². The second-order valence-corrected chi connectivity index (χ2v) is 4.61. The second kappa shape index (κ2) is 6.93. The van der Waals surface area contributed by atoms with E-state index in [1.807, 2.05) is 24.6 Å². The molecule has 0 amide bonds. The van der Waals surface area contributed by atoms with E-state index in [1.54, 1.807) is 12.1 Å². The Bertz CT molecular complexity index is 647. The Labute approximate surface area is 124 Å². The second-order valence-electron chi connectivity index (χ2n) is 3.55. The molecule has 0 aliphatic heterocycles. The Balaban J connectivity index is 2.20. The molecule has 6 nitrogen and oxygen atoms in total. The highest BCUT2D eigenvalue weighted by atomic mass is 35.5. The molecule has 1 aromatic carbocycles. The molecule has 0 aliphatic carbocycles. The van der Waals surface area contributed by atoms with Crippen LogP contribution in [0.4, 0.5) is 5.69 Å². The highest BCUT2D eigenvalue weighted by Crippen LogP contribution is 2.21. The number of aromatic nitrogens is 2. The van der Waals surface area contributed by atoms with E-state index in [1.165, 1.54) is 11.8 Å². The molecule has 0 atom stereocenters. The number of nitrogens with zero attached hydrogens (tertiary/aromatic N) is 4. The van der Waals surface area contributed by atoms with Crippen LogP contribution in [0.2, 0.25) is 0 Å². The Morgan fingerprint density at radius 1 is 1.50 bits per heavy atom. The molecule has 0 radical (unpaired) electrons. The zero-order valence-electron chi connectivity index (χ0n) is 10.5. The van der Waals surface area contributed by atoms with Gasteiger partial charge in [0, 0.05) is 5.56 Å². The fourth-order valence-electron chi connectivity index (χ4n) is 1.40. The van der Waals surface area contributed by atoms with Crippen molar-refractivity contribution in [3.8, 4) is 17.6 Å². The van der Waals surface area contributed by atoms with Crippen LogP contribution in [-0.4, -0.2) is 21.6 Å². The fraction of sp³-hybridized carbons (Fsp3) is 0.167. The molecule has 0 spiro atoms. The number of alkyl halides is 1. The van der Waals surface area contributed by atoms with Crippen molar-refractivity contribution in [2.24, 2.45) is 4.99 Å². The summed E-state index contributed by atoms with van der Waals surface area (Å²) in [5.41, 5.74) is 1.53. The number of benzene rings is 1. The maximum Gasteiger partial charge on any atom is 0.241 e. The number of thioether (sulfide) groups is 1. The molecule has 0 bridgehead atoms. The molecular weight excluding hydrogens is 298 g/mol. The lowest BCUT2D eigenvalue weighted by molar-refractivity contribution is 0.391. The molecule has 1 heterocycles. The zero-order valence-corrected chi connectivity index (χ0v) is 12.1. The van der Waals surface area contributed by atoms with E-state index >= 15 is 0 Å². The SMILES string of the molecule is CSC(=Nc1ccc(-c2noc(CCl)n2)cc1)NC#N. The van der Waals surface area contributed by atoms with Gasteiger partial charge in [-0.05, 0) is 30.5 Å². The first kappa shape index (κ1) is 14.4. The van der Waals surface area contributed by atoms with Gasteiger partial charge >= 0.3 is 0 Å². The number of halogens is 1. The minimum absolute atomic E-state index is 0.187. The fourth-order valence-corrected chi connectivity index (χ4v) is 1.85. The van der Waals surface area contributed by atoms with Crippen LogP contribution in [0.15, 0.2) is 33.8 Å². The molecule has 1 N–H and O–H groups in total. The molecule has 0 aliphatic rings. The Morgan fingerprint density at radius 3 is 2.80 bits per heavy atom. The van der Waals surface area contributed by atoms with Gasteiger partial charge in [0.1, 0.15) is 5.88 Å². The van der Waals surface area contributed by atoms with Crippen LogP contribution in [0.3, 0.4) is 0 Å². The molecule has 2 rings (SSSR count). The van der Waals surface area contributed by atoms with Crippen molar-refractivity contribution < 1.29 is 4.52 Å². The standard InChI is InChI=1S/C12H10ClN5OS/c1-20-12(15-7-14)16-9-4-2-8(3-5-9)11-17-10(6-13)19-18-11/h2-5H,6H2,1H3,(H,15,16). The highest BCUT2D eigenvalue weighted by molar-refractivity contribution is 8.13. The summed E-state index contributed by atoms with van der Waals surface area (Å²) in [6.07, 6.45) is 3.68. The maximum absolute atomic E-state index is 8.57. The Kier molecular flexibility index (Phi) is 4.98. The predicted octanol–water partition coefficient (Wildman–Crippen LogP) is 2.90. The van der Waals surface area contributed by atoms with Crippen LogP contribution in [-0.2, 0) is 5.88 Å². The first-order valence-corrected chi connectivity index (χ1v) is 7.29. The third-order valence-corrected chi connectivity index (χ3v) is 3.10. The van der Waals surface area contributed by atoms with Gasteiger partial charge < -0.3 is 4.52 Å². The monoisotopic (exact) mass is 307 g/mol. The summed E-state index contributed by atoms with van der Waals surface area (Å²) < 4.78 is 4.94. The highest BCUT2D eigenvalue weighted by Gasteiger charge is 2.07. The lowest BCUT2D eigenvalue weighted by Gasteiger charge is -2.00. The van der Waals surface area contributed by atoms with Crippen LogP contribution < -0.4 is 5.32 Å². The molecule has 8 heteroatoms. The van der Waals surface area contributed by atoms with Gasteiger partial charge in [0.05, 0.1) is 5.69 Å². The Morgan fingerprint density at radius 2 is 2.25 bits per heavy atom. The normalized spacial score (nSPS) is 11.2.